The van der Waals surface area contributed by atoms with E-state index in [1.165, 1.54) is 0 Å². The highest BCUT2D eigenvalue weighted by molar-refractivity contribution is 7.99. The number of carbonyl (C=O) groups excluding carboxylic acids is 2. The Morgan fingerprint density at radius 2 is 1.51 bits per heavy atom. The average molecular weight is 684 g/mol. The number of anilines is 2. The lowest BCUT2D eigenvalue weighted by Crippen LogP contribution is -2.31. The van der Waals surface area contributed by atoms with Gasteiger partial charge in [0, 0.05) is 42.9 Å². The molecule has 1 aliphatic rings. The summed E-state index contributed by atoms with van der Waals surface area (Å²) in [5.41, 5.74) is 12.8. The zero-order chi connectivity index (χ0) is 34.4. The van der Waals surface area contributed by atoms with Crippen molar-refractivity contribution >= 4 is 35.0 Å². The van der Waals surface area contributed by atoms with E-state index in [1.54, 1.807) is 23.9 Å². The number of nitrogens with two attached hydrogens (primary N) is 1. The van der Waals surface area contributed by atoms with Gasteiger partial charge in [-0.15, -0.1) is 0 Å². The first-order chi connectivity index (χ1) is 23.9. The number of rotatable bonds is 16. The van der Waals surface area contributed by atoms with Gasteiger partial charge in [-0.05, 0) is 52.8 Å². The monoisotopic (exact) mass is 683 g/mol. The number of para-hydroxylation sites is 2. The van der Waals surface area contributed by atoms with Crippen LogP contribution in [0.3, 0.4) is 0 Å². The molecule has 0 saturated carbocycles. The Hall–Kier alpha value is -4.19. The Kier molecular flexibility index (Phi) is 13.7. The average Bonchev–Trinajstić information content (AvgIpc) is 3.14. The first-order valence-electron chi connectivity index (χ1n) is 16.7. The quantitative estimate of drug-likeness (QED) is 0.0664. The van der Waals surface area contributed by atoms with Crippen molar-refractivity contribution in [1.82, 2.24) is 5.32 Å². The number of hydrogen-bond acceptors (Lipinski definition) is 8. The van der Waals surface area contributed by atoms with Gasteiger partial charge in [0.25, 0.3) is 0 Å². The van der Waals surface area contributed by atoms with Gasteiger partial charge in [0.05, 0.1) is 36.8 Å². The number of amides is 2. The van der Waals surface area contributed by atoms with E-state index in [9.17, 15) is 19.8 Å². The van der Waals surface area contributed by atoms with Crippen molar-refractivity contribution < 1.29 is 29.3 Å². The highest BCUT2D eigenvalue weighted by Gasteiger charge is 2.32. The Morgan fingerprint density at radius 1 is 0.816 bits per heavy atom. The Balaban J connectivity index is 1.15. The van der Waals surface area contributed by atoms with Gasteiger partial charge >= 0.3 is 0 Å². The van der Waals surface area contributed by atoms with Gasteiger partial charge in [-0.25, -0.2) is 0 Å². The van der Waals surface area contributed by atoms with Crippen molar-refractivity contribution in [2.45, 2.75) is 63.8 Å². The molecule has 1 saturated heterocycles. The van der Waals surface area contributed by atoms with Crippen LogP contribution in [0.1, 0.15) is 66.8 Å². The molecule has 0 spiro atoms. The summed E-state index contributed by atoms with van der Waals surface area (Å²) in [6, 6.07) is 31.1. The minimum atomic E-state index is -0.554. The number of ether oxygens (including phenoxy) is 2. The maximum absolute atomic E-state index is 12.7. The van der Waals surface area contributed by atoms with Crippen molar-refractivity contribution in [3.8, 4) is 11.1 Å². The summed E-state index contributed by atoms with van der Waals surface area (Å²) < 4.78 is 12.9. The van der Waals surface area contributed by atoms with Crippen LogP contribution in [0.15, 0.2) is 97.1 Å². The van der Waals surface area contributed by atoms with Crippen LogP contribution in [0.25, 0.3) is 11.1 Å². The molecule has 1 aliphatic heterocycles. The van der Waals surface area contributed by atoms with E-state index < -0.39 is 6.29 Å². The third kappa shape index (κ3) is 10.6. The van der Waals surface area contributed by atoms with Gasteiger partial charge in [-0.2, -0.15) is 11.8 Å². The third-order valence-corrected chi connectivity index (χ3v) is 9.51. The number of aliphatic hydroxyl groups excluding tert-OH is 2. The van der Waals surface area contributed by atoms with Crippen molar-refractivity contribution in [2.24, 2.45) is 0 Å². The number of unbranched alkanes of at least 4 members (excludes halogenated alkanes) is 1. The topological polar surface area (TPSA) is 143 Å². The second kappa shape index (κ2) is 18.5. The minimum Gasteiger partial charge on any atom is -0.397 e. The molecule has 258 valence electrons. The van der Waals surface area contributed by atoms with E-state index in [2.05, 4.69) is 10.6 Å². The van der Waals surface area contributed by atoms with Crippen molar-refractivity contribution in [3.63, 3.8) is 0 Å². The van der Waals surface area contributed by atoms with E-state index in [4.69, 9.17) is 15.2 Å². The van der Waals surface area contributed by atoms with Crippen LogP contribution in [0.5, 0.6) is 0 Å². The fraction of sp³-hybridized carbons (Fsp3) is 0.333. The number of benzene rings is 4. The zero-order valence-corrected chi connectivity index (χ0v) is 28.4. The molecule has 0 aromatic heterocycles. The van der Waals surface area contributed by atoms with Crippen LogP contribution >= 0.6 is 11.8 Å². The van der Waals surface area contributed by atoms with Gasteiger partial charge in [0.1, 0.15) is 0 Å². The number of aliphatic hydroxyl groups is 2. The summed E-state index contributed by atoms with van der Waals surface area (Å²) >= 11 is 1.66. The lowest BCUT2D eigenvalue weighted by molar-refractivity contribution is -0.245. The number of thioether (sulfide) groups is 1. The molecule has 10 heteroatoms. The summed E-state index contributed by atoms with van der Waals surface area (Å²) in [5.74, 6) is 1.23. The summed E-state index contributed by atoms with van der Waals surface area (Å²) in [6.45, 7) is 0.513. The predicted octanol–water partition coefficient (Wildman–Crippen LogP) is 6.51. The van der Waals surface area contributed by atoms with E-state index in [1.807, 2.05) is 84.9 Å². The van der Waals surface area contributed by atoms with Crippen LogP contribution in [-0.2, 0) is 32.2 Å². The van der Waals surface area contributed by atoms with E-state index in [0.29, 0.717) is 55.8 Å². The maximum atomic E-state index is 12.7. The second-order valence-electron chi connectivity index (χ2n) is 12.0. The number of nitrogens with one attached hydrogen (secondary N) is 2. The molecule has 0 aliphatic carbocycles. The molecule has 9 nitrogen and oxygen atoms in total. The maximum Gasteiger partial charge on any atom is 0.224 e. The fourth-order valence-electron chi connectivity index (χ4n) is 5.75. The molecule has 1 heterocycles. The molecular weight excluding hydrogens is 639 g/mol. The van der Waals surface area contributed by atoms with E-state index in [-0.39, 0.29) is 37.2 Å². The Morgan fingerprint density at radius 3 is 2.24 bits per heavy atom. The minimum absolute atomic E-state index is 0.00615. The molecule has 1 fully saturated rings. The second-order valence-corrected chi connectivity index (χ2v) is 13.2. The SMILES string of the molecule is Nc1ccccc1NC(=O)CCCCC(=O)NCc1ccccc1-c1ccc([C@H]2O[C@@H](CSCCO)C[C@@H](c3ccc(CO)cc3)O2)cc1. The molecule has 6 N–H and O–H groups in total. The standard InChI is InChI=1S/C39H45N3O6S/c40-34-9-3-4-10-35(34)42-38(46)12-6-5-11-37(45)41-24-31-7-1-2-8-33(31)28-17-19-30(20-18-28)39-47-32(26-49-22-21-43)23-36(48-39)29-15-13-27(25-44)14-16-29/h1-4,7-10,13-20,32,36,39,43-44H,5-6,11-12,21-26,40H2,(H,41,45)(H,42,46)/t32-,36+,39+/m1/s1. The lowest BCUT2D eigenvalue weighted by atomic mass is 9.97. The van der Waals surface area contributed by atoms with Crippen LogP contribution < -0.4 is 16.4 Å². The van der Waals surface area contributed by atoms with Gasteiger partial charge in [0.15, 0.2) is 6.29 Å². The molecule has 4 aromatic carbocycles. The van der Waals surface area contributed by atoms with Crippen molar-refractivity contribution in [1.29, 1.82) is 0 Å². The van der Waals surface area contributed by atoms with Crippen LogP contribution in [0.4, 0.5) is 11.4 Å². The molecule has 3 atom stereocenters. The fourth-order valence-corrected chi connectivity index (χ4v) is 6.53. The summed E-state index contributed by atoms with van der Waals surface area (Å²) in [4.78, 5) is 24.9. The first kappa shape index (κ1) is 36.1. The molecule has 4 aromatic rings. The molecule has 0 radical (unpaired) electrons. The van der Waals surface area contributed by atoms with Crippen molar-refractivity contribution in [3.05, 3.63) is 119 Å². The predicted molar refractivity (Wildman–Crippen MR) is 195 cm³/mol. The van der Waals surface area contributed by atoms with Gasteiger partial charge < -0.3 is 36.1 Å². The molecular formula is C39H45N3O6S. The van der Waals surface area contributed by atoms with Crippen molar-refractivity contribution in [2.75, 3.05) is 29.2 Å². The first-order valence-corrected chi connectivity index (χ1v) is 17.9. The number of carbonyl (C=O) groups is 2. The van der Waals surface area contributed by atoms with Gasteiger partial charge in [-0.3, -0.25) is 9.59 Å². The highest BCUT2D eigenvalue weighted by Crippen LogP contribution is 2.39. The molecule has 49 heavy (non-hydrogen) atoms. The third-order valence-electron chi connectivity index (χ3n) is 8.43. The molecule has 0 unspecified atom stereocenters. The summed E-state index contributed by atoms with van der Waals surface area (Å²) in [6.07, 6.45) is 1.79. The van der Waals surface area contributed by atoms with Crippen LogP contribution in [-0.4, -0.2) is 46.2 Å². The smallest absolute Gasteiger partial charge is 0.224 e. The number of nitrogen functional groups attached to an aromatic ring is 1. The van der Waals surface area contributed by atoms with Crippen LogP contribution in [0, 0.1) is 0 Å². The summed E-state index contributed by atoms with van der Waals surface area (Å²) in [7, 11) is 0. The van der Waals surface area contributed by atoms with E-state index in [0.717, 1.165) is 39.1 Å². The lowest BCUT2D eigenvalue weighted by Gasteiger charge is -2.36. The largest absolute Gasteiger partial charge is 0.397 e. The highest BCUT2D eigenvalue weighted by atomic mass is 32.2. The van der Waals surface area contributed by atoms with E-state index >= 15 is 0 Å². The Labute approximate surface area is 292 Å². The van der Waals surface area contributed by atoms with Gasteiger partial charge in [-0.1, -0.05) is 84.9 Å². The molecule has 5 rings (SSSR count). The zero-order valence-electron chi connectivity index (χ0n) is 27.6. The number of hydrogen-bond donors (Lipinski definition) is 5. The molecule has 2 amide bonds. The molecule has 0 bridgehead atoms. The summed E-state index contributed by atoms with van der Waals surface area (Å²) in [5, 5.41) is 24.6. The van der Waals surface area contributed by atoms with Gasteiger partial charge in [0.2, 0.25) is 11.8 Å². The Bertz CT molecular complexity index is 1650. The normalized spacial score (nSPS) is 17.4. The van der Waals surface area contributed by atoms with Crippen LogP contribution in [0.2, 0.25) is 0 Å².